The zero-order valence-corrected chi connectivity index (χ0v) is 15.2. The lowest BCUT2D eigenvalue weighted by Gasteiger charge is -2.02. The Morgan fingerprint density at radius 2 is 1.42 bits per heavy atom. The van der Waals surface area contributed by atoms with Gasteiger partial charge in [-0.25, -0.2) is 0 Å². The van der Waals surface area contributed by atoms with E-state index in [1.165, 1.54) is 0 Å². The van der Waals surface area contributed by atoms with Crippen LogP contribution in [-0.4, -0.2) is 50.0 Å². The number of carboxylic acid groups (broad SMARTS) is 1. The van der Waals surface area contributed by atoms with Crippen LogP contribution in [0, 0.1) is 0 Å². The Kier molecular flexibility index (Phi) is 15.6. The molecule has 0 fully saturated rings. The van der Waals surface area contributed by atoms with Gasteiger partial charge in [0.2, 0.25) is 0 Å². The zero-order valence-electron chi connectivity index (χ0n) is 15.2. The van der Waals surface area contributed by atoms with Crippen LogP contribution >= 0.6 is 0 Å². The molecule has 0 saturated heterocycles. The second-order valence-corrected chi connectivity index (χ2v) is 6.05. The minimum Gasteiger partial charge on any atom is -0.481 e. The molecule has 0 aliphatic heterocycles. The molecule has 148 valence electrons. The van der Waals surface area contributed by atoms with E-state index in [-0.39, 0.29) is 6.42 Å². The molecule has 0 heterocycles. The Morgan fingerprint density at radius 1 is 0.769 bits per heavy atom. The van der Waals surface area contributed by atoms with Crippen LogP contribution in [0.2, 0.25) is 0 Å². The lowest BCUT2D eigenvalue weighted by Crippen LogP contribution is -2.03. The van der Waals surface area contributed by atoms with Crippen LogP contribution in [0.5, 0.6) is 0 Å². The normalized spacial score (nSPS) is 15.1. The highest BCUT2D eigenvalue weighted by atomic mass is 16.5. The summed E-state index contributed by atoms with van der Waals surface area (Å²) < 4.78 is 0. The lowest BCUT2D eigenvalue weighted by atomic mass is 10.1. The Morgan fingerprint density at radius 3 is 2.04 bits per heavy atom. The summed E-state index contributed by atoms with van der Waals surface area (Å²) in [5.41, 5.74) is 0. The Balaban J connectivity index is 3.79. The maximum Gasteiger partial charge on any atom is 0.303 e. The first kappa shape index (κ1) is 24.3. The standard InChI is InChI=1S/C20H32O6/c21-17(11-6-2-1-3-9-15-19(23)24)12-7-4-5-8-13-18(22)14-10-16-20(25)26/h2,4-8,12-13,17-19,21-24H,1,3,9-11,14-16H2,(H,25,26)/b5-4+,6-2-,12-7+,13-8-/t17-,18-/m1/s1. The van der Waals surface area contributed by atoms with Gasteiger partial charge in [0.05, 0.1) is 12.2 Å². The molecule has 0 saturated carbocycles. The summed E-state index contributed by atoms with van der Waals surface area (Å²) in [6.45, 7) is 0. The highest BCUT2D eigenvalue weighted by Gasteiger charge is 2.01. The van der Waals surface area contributed by atoms with Crippen molar-refractivity contribution in [2.45, 2.75) is 69.9 Å². The van der Waals surface area contributed by atoms with Gasteiger partial charge in [-0.3, -0.25) is 4.79 Å². The summed E-state index contributed by atoms with van der Waals surface area (Å²) in [6.07, 6.45) is 15.9. The van der Waals surface area contributed by atoms with Crippen LogP contribution in [0.4, 0.5) is 0 Å². The van der Waals surface area contributed by atoms with Crippen molar-refractivity contribution in [1.82, 2.24) is 0 Å². The zero-order chi connectivity index (χ0) is 19.6. The maximum atomic E-state index is 10.4. The Labute approximate surface area is 155 Å². The fourth-order valence-corrected chi connectivity index (χ4v) is 2.09. The molecule has 0 amide bonds. The van der Waals surface area contributed by atoms with Crippen LogP contribution < -0.4 is 0 Å². The fourth-order valence-electron chi connectivity index (χ4n) is 2.09. The van der Waals surface area contributed by atoms with E-state index < -0.39 is 24.5 Å². The van der Waals surface area contributed by atoms with Crippen LogP contribution in [-0.2, 0) is 4.79 Å². The van der Waals surface area contributed by atoms with Crippen LogP contribution in [0.1, 0.15) is 51.4 Å². The molecule has 0 aromatic rings. The van der Waals surface area contributed by atoms with Crippen LogP contribution in [0.25, 0.3) is 0 Å². The first-order valence-electron chi connectivity index (χ1n) is 9.02. The van der Waals surface area contributed by atoms with Crippen molar-refractivity contribution in [3.05, 3.63) is 48.6 Å². The van der Waals surface area contributed by atoms with Crippen molar-refractivity contribution >= 4 is 5.97 Å². The quantitative estimate of drug-likeness (QED) is 0.131. The molecular formula is C20H32O6. The monoisotopic (exact) mass is 368 g/mol. The molecule has 2 atom stereocenters. The topological polar surface area (TPSA) is 118 Å². The highest BCUT2D eigenvalue weighted by molar-refractivity contribution is 5.66. The van der Waals surface area contributed by atoms with E-state index in [0.29, 0.717) is 25.7 Å². The third-order valence-corrected chi connectivity index (χ3v) is 3.52. The van der Waals surface area contributed by atoms with E-state index in [2.05, 4.69) is 0 Å². The van der Waals surface area contributed by atoms with Crippen molar-refractivity contribution in [3.63, 3.8) is 0 Å². The maximum absolute atomic E-state index is 10.4. The summed E-state index contributed by atoms with van der Waals surface area (Å²) >= 11 is 0. The summed E-state index contributed by atoms with van der Waals surface area (Å²) in [4.78, 5) is 10.4. The third kappa shape index (κ3) is 18.6. The van der Waals surface area contributed by atoms with E-state index in [4.69, 9.17) is 15.3 Å². The Bertz CT molecular complexity index is 465. The van der Waals surface area contributed by atoms with Crippen molar-refractivity contribution in [2.24, 2.45) is 0 Å². The van der Waals surface area contributed by atoms with Gasteiger partial charge in [-0.1, -0.05) is 48.6 Å². The number of carboxylic acids is 1. The summed E-state index contributed by atoms with van der Waals surface area (Å²) in [7, 11) is 0. The van der Waals surface area contributed by atoms with Gasteiger partial charge in [-0.05, 0) is 44.9 Å². The number of aliphatic hydroxyl groups excluding tert-OH is 3. The number of carbonyl (C=O) groups is 1. The predicted molar refractivity (Wildman–Crippen MR) is 101 cm³/mol. The fraction of sp³-hybridized carbons (Fsp3) is 0.550. The first-order valence-corrected chi connectivity index (χ1v) is 9.02. The van der Waals surface area contributed by atoms with E-state index in [9.17, 15) is 15.0 Å². The SMILES string of the molecule is O=C(O)CCC[C@H](O)\C=C/C=C/C=C/[C@H](O)C/C=C\CCCCC(O)O. The number of aliphatic carboxylic acids is 1. The summed E-state index contributed by atoms with van der Waals surface area (Å²) in [5, 5.41) is 45.3. The van der Waals surface area contributed by atoms with Crippen LogP contribution in [0.15, 0.2) is 48.6 Å². The molecule has 6 nitrogen and oxygen atoms in total. The van der Waals surface area contributed by atoms with E-state index in [1.807, 2.05) is 12.2 Å². The van der Waals surface area contributed by atoms with E-state index in [0.717, 1.165) is 19.3 Å². The van der Waals surface area contributed by atoms with Crippen LogP contribution in [0.3, 0.4) is 0 Å². The van der Waals surface area contributed by atoms with Gasteiger partial charge in [0.25, 0.3) is 0 Å². The van der Waals surface area contributed by atoms with Gasteiger partial charge in [0, 0.05) is 6.42 Å². The van der Waals surface area contributed by atoms with Crippen molar-refractivity contribution in [2.75, 3.05) is 0 Å². The molecule has 0 aromatic heterocycles. The van der Waals surface area contributed by atoms with Gasteiger partial charge in [-0.2, -0.15) is 0 Å². The molecule has 0 aliphatic rings. The molecule has 5 N–H and O–H groups in total. The number of hydrogen-bond acceptors (Lipinski definition) is 5. The summed E-state index contributed by atoms with van der Waals surface area (Å²) in [6, 6.07) is 0. The van der Waals surface area contributed by atoms with Gasteiger partial charge >= 0.3 is 5.97 Å². The average Bonchev–Trinajstić information content (AvgIpc) is 2.56. The second-order valence-electron chi connectivity index (χ2n) is 6.05. The smallest absolute Gasteiger partial charge is 0.303 e. The van der Waals surface area contributed by atoms with E-state index in [1.54, 1.807) is 36.5 Å². The number of rotatable bonds is 15. The number of aliphatic hydroxyl groups is 4. The molecule has 0 aromatic carbocycles. The molecule has 0 aliphatic carbocycles. The van der Waals surface area contributed by atoms with Crippen molar-refractivity contribution < 1.29 is 30.3 Å². The molecule has 6 heteroatoms. The first-order chi connectivity index (χ1) is 12.4. The molecule has 26 heavy (non-hydrogen) atoms. The van der Waals surface area contributed by atoms with Gasteiger partial charge in [0.15, 0.2) is 6.29 Å². The Hall–Kier alpha value is -1.73. The number of unbranched alkanes of at least 4 members (excludes halogenated alkanes) is 2. The largest absolute Gasteiger partial charge is 0.481 e. The van der Waals surface area contributed by atoms with Gasteiger partial charge in [-0.15, -0.1) is 0 Å². The number of allylic oxidation sites excluding steroid dienone is 5. The van der Waals surface area contributed by atoms with Gasteiger partial charge in [0.1, 0.15) is 0 Å². The van der Waals surface area contributed by atoms with Crippen molar-refractivity contribution in [1.29, 1.82) is 0 Å². The van der Waals surface area contributed by atoms with E-state index >= 15 is 0 Å². The van der Waals surface area contributed by atoms with Gasteiger partial charge < -0.3 is 25.5 Å². The molecular weight excluding hydrogens is 336 g/mol. The minimum absolute atomic E-state index is 0.0571. The molecule has 0 bridgehead atoms. The lowest BCUT2D eigenvalue weighted by molar-refractivity contribution is -0.137. The summed E-state index contributed by atoms with van der Waals surface area (Å²) in [5.74, 6) is -0.860. The highest BCUT2D eigenvalue weighted by Crippen LogP contribution is 2.04. The average molecular weight is 368 g/mol. The van der Waals surface area contributed by atoms with Crippen molar-refractivity contribution in [3.8, 4) is 0 Å². The number of hydrogen-bond donors (Lipinski definition) is 5. The molecule has 0 radical (unpaired) electrons. The molecule has 0 spiro atoms. The molecule has 0 unspecified atom stereocenters. The predicted octanol–water partition coefficient (Wildman–Crippen LogP) is 2.45. The minimum atomic E-state index is -1.23. The molecule has 0 rings (SSSR count). The third-order valence-electron chi connectivity index (χ3n) is 3.52. The second kappa shape index (κ2) is 16.7.